The molecule has 0 unspecified atom stereocenters. The molecule has 0 atom stereocenters. The highest BCUT2D eigenvalue weighted by Crippen LogP contribution is 2.41. The van der Waals surface area contributed by atoms with E-state index >= 15 is 0 Å². The predicted molar refractivity (Wildman–Crippen MR) is 405 cm³/mol. The van der Waals surface area contributed by atoms with Crippen LogP contribution in [-0.4, -0.2) is 51.6 Å². The van der Waals surface area contributed by atoms with Crippen LogP contribution in [0.2, 0.25) is 0 Å². The summed E-state index contributed by atoms with van der Waals surface area (Å²) in [6.45, 7) is 32.7. The minimum atomic E-state index is -0.549. The number of hydrogen-bond acceptors (Lipinski definition) is 10. The number of hydrogen-bond donors (Lipinski definition) is 0. The van der Waals surface area contributed by atoms with Crippen LogP contribution in [0.4, 0.5) is 34.1 Å². The fraction of sp³-hybridized carbons (Fsp3) is 0.364. The van der Waals surface area contributed by atoms with Crippen LogP contribution in [0, 0.1) is 0 Å². The molecule has 0 aromatic heterocycles. The van der Waals surface area contributed by atoms with E-state index in [4.69, 9.17) is 28.4 Å². The highest BCUT2D eigenvalue weighted by molar-refractivity contribution is 5.98. The molecule has 98 heavy (non-hydrogen) atoms. The SMILES string of the molecule is CCOC(=O)c1cc(OCCCCCCOc2ccc(-c3ccc(N(c4ccc(C(C)(C)C)cc4)c4ccc(C(C)(C)C)cc4)cc3)cc2)c(C(=O)OCC)cc1OCCCCCCOc1ccc(-c2ccc(N(c3ccc(C(C)(C)C)cc3)c3ccc(C(C)(C)C)cc3)cc2)cc1. The van der Waals surface area contributed by atoms with Crippen LogP contribution in [-0.2, 0) is 31.1 Å². The van der Waals surface area contributed by atoms with E-state index in [0.29, 0.717) is 26.4 Å². The largest absolute Gasteiger partial charge is 0.494 e. The molecule has 0 amide bonds. The second-order valence-corrected chi connectivity index (χ2v) is 29.5. The highest BCUT2D eigenvalue weighted by atomic mass is 16.5. The van der Waals surface area contributed by atoms with Gasteiger partial charge in [0.05, 0.1) is 39.6 Å². The minimum absolute atomic E-state index is 0.0668. The number of ether oxygens (including phenoxy) is 6. The summed E-state index contributed by atoms with van der Waals surface area (Å²) in [5, 5.41) is 0. The Bertz CT molecular complexity index is 3590. The number of benzene rings is 9. The molecular weight excluding hydrogens is 1210 g/mol. The first-order valence-corrected chi connectivity index (χ1v) is 35.3. The molecule has 0 saturated heterocycles. The van der Waals surface area contributed by atoms with Crippen molar-refractivity contribution in [3.63, 3.8) is 0 Å². The summed E-state index contributed by atoms with van der Waals surface area (Å²) in [6.07, 6.45) is 6.86. The molecule has 9 aromatic carbocycles. The predicted octanol–water partition coefficient (Wildman–Crippen LogP) is 23.5. The number of anilines is 6. The van der Waals surface area contributed by atoms with E-state index in [9.17, 15) is 9.59 Å². The van der Waals surface area contributed by atoms with Gasteiger partial charge in [0.2, 0.25) is 0 Å². The van der Waals surface area contributed by atoms with Crippen LogP contribution in [0.3, 0.4) is 0 Å². The van der Waals surface area contributed by atoms with Gasteiger partial charge in [0.15, 0.2) is 0 Å². The number of carbonyl (C=O) groups is 2. The quantitative estimate of drug-likeness (QED) is 0.0320. The first-order valence-electron chi connectivity index (χ1n) is 35.3. The Labute approximate surface area is 585 Å². The molecule has 0 saturated carbocycles. The highest BCUT2D eigenvalue weighted by Gasteiger charge is 2.25. The summed E-state index contributed by atoms with van der Waals surface area (Å²) in [5.41, 5.74) is 17.0. The Morgan fingerprint density at radius 2 is 0.500 bits per heavy atom. The maximum atomic E-state index is 13.4. The van der Waals surface area contributed by atoms with Crippen molar-refractivity contribution >= 4 is 46.1 Å². The van der Waals surface area contributed by atoms with Crippen LogP contribution < -0.4 is 28.7 Å². The summed E-state index contributed by atoms with van der Waals surface area (Å²) in [6, 6.07) is 73.0. The van der Waals surface area contributed by atoms with Crippen LogP contribution in [0.15, 0.2) is 206 Å². The van der Waals surface area contributed by atoms with E-state index in [1.54, 1.807) is 26.0 Å². The molecule has 0 N–H and O–H groups in total. The lowest BCUT2D eigenvalue weighted by Crippen LogP contribution is -2.14. The van der Waals surface area contributed by atoms with Gasteiger partial charge in [-0.2, -0.15) is 0 Å². The average molecular weight is 1320 g/mol. The average Bonchev–Trinajstić information content (AvgIpc) is 0.813. The summed E-state index contributed by atoms with van der Waals surface area (Å²) in [5.74, 6) is 1.07. The standard InChI is InChI=1S/C88H104N2O8/c1-15-93-83(91)79-61-82(98-60-24-20-18-22-58-96-78-55-31-66(32-56-78)64-27-43-72(44-28-64)90(75-49-37-69(38-50-75)87(9,10)11)76-51-39-70(40-52-76)88(12,13)14)80(84(92)94-16-2)62-81(79)97-59-23-19-17-21-57-95-77-53-29-65(30-54-77)63-25-41-71(42-26-63)89(73-45-33-67(34-46-73)85(3,4)5)74-47-35-68(36-48-74)86(6,7)8/h25-56,61-62H,15-24,57-60H2,1-14H3. The maximum Gasteiger partial charge on any atom is 0.342 e. The molecule has 0 aliphatic carbocycles. The molecule has 0 aliphatic heterocycles. The second-order valence-electron chi connectivity index (χ2n) is 29.5. The third kappa shape index (κ3) is 19.9. The van der Waals surface area contributed by atoms with E-state index in [0.717, 1.165) is 119 Å². The van der Waals surface area contributed by atoms with Crippen molar-refractivity contribution in [1.82, 2.24) is 0 Å². The van der Waals surface area contributed by atoms with Gasteiger partial charge in [-0.3, -0.25) is 0 Å². The summed E-state index contributed by atoms with van der Waals surface area (Å²) in [4.78, 5) is 31.3. The van der Waals surface area contributed by atoms with Gasteiger partial charge in [0.1, 0.15) is 34.1 Å². The Morgan fingerprint density at radius 1 is 0.286 bits per heavy atom. The molecule has 0 aliphatic rings. The van der Waals surface area contributed by atoms with Crippen molar-refractivity contribution in [1.29, 1.82) is 0 Å². The molecule has 9 rings (SSSR count). The molecule has 9 aromatic rings. The fourth-order valence-corrected chi connectivity index (χ4v) is 11.8. The van der Waals surface area contributed by atoms with Crippen molar-refractivity contribution in [2.75, 3.05) is 49.4 Å². The monoisotopic (exact) mass is 1320 g/mol. The molecule has 0 fully saturated rings. The van der Waals surface area contributed by atoms with Crippen LogP contribution in [0.25, 0.3) is 22.3 Å². The zero-order valence-corrected chi connectivity index (χ0v) is 60.7. The number of nitrogens with zero attached hydrogens (tertiary/aromatic N) is 2. The summed E-state index contributed by atoms with van der Waals surface area (Å²) in [7, 11) is 0. The van der Waals surface area contributed by atoms with Gasteiger partial charge < -0.3 is 38.2 Å². The van der Waals surface area contributed by atoms with Crippen molar-refractivity contribution in [3.05, 3.63) is 240 Å². The lowest BCUT2D eigenvalue weighted by atomic mass is 9.86. The van der Waals surface area contributed by atoms with E-state index in [2.05, 4.69) is 263 Å². The second kappa shape index (κ2) is 33.3. The van der Waals surface area contributed by atoms with Gasteiger partial charge in [-0.25, -0.2) is 9.59 Å². The zero-order valence-electron chi connectivity index (χ0n) is 60.7. The summed E-state index contributed by atoms with van der Waals surface area (Å²) < 4.78 is 35.7. The molecule has 10 heteroatoms. The van der Waals surface area contributed by atoms with E-state index in [1.807, 2.05) is 24.3 Å². The van der Waals surface area contributed by atoms with Gasteiger partial charge in [-0.05, 0) is 241 Å². The first kappa shape index (κ1) is 73.0. The third-order valence-electron chi connectivity index (χ3n) is 17.8. The van der Waals surface area contributed by atoms with Gasteiger partial charge in [-0.1, -0.05) is 180 Å². The van der Waals surface area contributed by atoms with Gasteiger partial charge in [0.25, 0.3) is 0 Å². The smallest absolute Gasteiger partial charge is 0.342 e. The molecule has 0 radical (unpaired) electrons. The molecule has 0 spiro atoms. The Morgan fingerprint density at radius 3 is 0.724 bits per heavy atom. The molecule has 514 valence electrons. The molecule has 0 heterocycles. The Hall–Kier alpha value is -9.28. The van der Waals surface area contributed by atoms with Gasteiger partial charge in [0, 0.05) is 34.1 Å². The molecule has 0 bridgehead atoms. The molecule has 10 nitrogen and oxygen atoms in total. The normalized spacial score (nSPS) is 11.8. The van der Waals surface area contributed by atoms with Crippen molar-refractivity contribution in [2.24, 2.45) is 0 Å². The van der Waals surface area contributed by atoms with E-state index < -0.39 is 11.9 Å². The topological polar surface area (TPSA) is 96.0 Å². The lowest BCUT2D eigenvalue weighted by Gasteiger charge is -2.28. The fourth-order valence-electron chi connectivity index (χ4n) is 11.8. The minimum Gasteiger partial charge on any atom is -0.494 e. The number of esters is 2. The zero-order chi connectivity index (χ0) is 70.0. The first-order chi connectivity index (χ1) is 46.9. The number of unbranched alkanes of at least 4 members (excludes halogenated alkanes) is 6. The van der Waals surface area contributed by atoms with Gasteiger partial charge >= 0.3 is 11.9 Å². The van der Waals surface area contributed by atoms with Crippen molar-refractivity contribution in [2.45, 2.75) is 170 Å². The molecular formula is C88H104N2O8. The lowest BCUT2D eigenvalue weighted by molar-refractivity contribution is 0.0503. The van der Waals surface area contributed by atoms with Crippen molar-refractivity contribution < 1.29 is 38.0 Å². The maximum absolute atomic E-state index is 13.4. The Balaban J connectivity index is 0.707. The Kier molecular flexibility index (Phi) is 24.8. The van der Waals surface area contributed by atoms with E-state index in [1.165, 1.54) is 22.3 Å². The number of carbonyl (C=O) groups excluding carboxylic acids is 2. The van der Waals surface area contributed by atoms with E-state index in [-0.39, 0.29) is 57.5 Å². The number of rotatable bonds is 30. The summed E-state index contributed by atoms with van der Waals surface area (Å²) >= 11 is 0. The third-order valence-corrected chi connectivity index (χ3v) is 17.8. The van der Waals surface area contributed by atoms with Crippen molar-refractivity contribution in [3.8, 4) is 45.3 Å². The van der Waals surface area contributed by atoms with Crippen LogP contribution >= 0.6 is 0 Å². The van der Waals surface area contributed by atoms with Gasteiger partial charge in [-0.15, -0.1) is 0 Å². The van der Waals surface area contributed by atoms with Crippen LogP contribution in [0.1, 0.15) is 191 Å². The van der Waals surface area contributed by atoms with Crippen LogP contribution in [0.5, 0.6) is 23.0 Å².